The lowest BCUT2D eigenvalue weighted by Crippen LogP contribution is -2.58. The van der Waals surface area contributed by atoms with Crippen LogP contribution < -0.4 is 21.3 Å². The molecule has 3 rings (SSSR count). The third-order valence-electron chi connectivity index (χ3n) is 8.75. The Labute approximate surface area is 250 Å². The Bertz CT molecular complexity index is 989. The normalized spacial score (nSPS) is 20.0. The Kier molecular flexibility index (Phi) is 13.5. The zero-order chi connectivity index (χ0) is 29.7. The van der Waals surface area contributed by atoms with Crippen molar-refractivity contribution in [1.82, 2.24) is 26.2 Å². The van der Waals surface area contributed by atoms with Gasteiger partial charge in [0.2, 0.25) is 5.91 Å². The molecule has 1 aliphatic heterocycles. The van der Waals surface area contributed by atoms with Gasteiger partial charge in [-0.3, -0.25) is 4.79 Å². The first kappa shape index (κ1) is 33.0. The highest BCUT2D eigenvalue weighted by Crippen LogP contribution is 2.40. The highest BCUT2D eigenvalue weighted by molar-refractivity contribution is 6.30. The number of urea groups is 1. The Morgan fingerprint density at radius 3 is 2.61 bits per heavy atom. The van der Waals surface area contributed by atoms with E-state index in [1.165, 1.54) is 39.2 Å². The second-order valence-electron chi connectivity index (χ2n) is 11.6. The summed E-state index contributed by atoms with van der Waals surface area (Å²) in [5.41, 5.74) is 0.170. The van der Waals surface area contributed by atoms with Crippen molar-refractivity contribution in [1.29, 1.82) is 0 Å². The van der Waals surface area contributed by atoms with Crippen molar-refractivity contribution in [2.45, 2.75) is 89.1 Å². The fourth-order valence-corrected chi connectivity index (χ4v) is 6.84. The molecular weight excluding hydrogens is 542 g/mol. The first-order valence-corrected chi connectivity index (χ1v) is 15.8. The minimum atomic E-state index is -0.749. The number of likely N-dealkylation sites (N-methyl/N-ethyl adjacent to an activating group) is 1. The van der Waals surface area contributed by atoms with Crippen LogP contribution in [-0.2, 0) is 15.1 Å². The molecule has 1 aromatic rings. The van der Waals surface area contributed by atoms with E-state index in [1.807, 2.05) is 43.1 Å². The number of carbonyl (C=O) groups excluding carboxylic acids is 3. The molecule has 4 N–H and O–H groups in total. The lowest BCUT2D eigenvalue weighted by Gasteiger charge is -2.47. The van der Waals surface area contributed by atoms with E-state index < -0.39 is 11.6 Å². The number of hydrogen-bond donors (Lipinski definition) is 4. The van der Waals surface area contributed by atoms with Crippen LogP contribution in [0, 0.1) is 11.8 Å². The molecule has 3 atom stereocenters. The number of carbonyl (C=O) groups is 3. The van der Waals surface area contributed by atoms with Gasteiger partial charge in [0.05, 0.1) is 12.6 Å². The number of nitrogens with one attached hydrogen (secondary N) is 4. The molecule has 2 fully saturated rings. The van der Waals surface area contributed by atoms with Crippen molar-refractivity contribution in [3.05, 3.63) is 34.9 Å². The molecule has 0 unspecified atom stereocenters. The Morgan fingerprint density at radius 1 is 1.15 bits per heavy atom. The zero-order valence-electron chi connectivity index (χ0n) is 25.1. The summed E-state index contributed by atoms with van der Waals surface area (Å²) in [6, 6.07) is 7.68. The Morgan fingerprint density at radius 2 is 1.93 bits per heavy atom. The van der Waals surface area contributed by atoms with Crippen LogP contribution in [0.2, 0.25) is 5.02 Å². The van der Waals surface area contributed by atoms with Crippen molar-refractivity contribution in [2.75, 3.05) is 40.3 Å². The minimum Gasteiger partial charge on any atom is -0.453 e. The summed E-state index contributed by atoms with van der Waals surface area (Å²) in [6.45, 7) is 4.18. The molecule has 1 saturated heterocycles. The van der Waals surface area contributed by atoms with Gasteiger partial charge in [-0.15, -0.1) is 0 Å². The summed E-state index contributed by atoms with van der Waals surface area (Å²) in [7, 11) is 3.27. The average Bonchev–Trinajstić information content (AvgIpc) is 2.99. The molecule has 0 spiro atoms. The third kappa shape index (κ3) is 9.77. The molecule has 1 heterocycles. The first-order valence-electron chi connectivity index (χ1n) is 15.4. The number of benzene rings is 1. The maximum absolute atomic E-state index is 13.7. The topological polar surface area (TPSA) is 112 Å². The quantitative estimate of drug-likeness (QED) is 0.236. The summed E-state index contributed by atoms with van der Waals surface area (Å²) in [5.74, 6) is 0.569. The highest BCUT2D eigenvalue weighted by Gasteiger charge is 2.44. The zero-order valence-corrected chi connectivity index (χ0v) is 25.9. The molecule has 1 saturated carbocycles. The van der Waals surface area contributed by atoms with Crippen LogP contribution in [0.25, 0.3) is 0 Å². The summed E-state index contributed by atoms with van der Waals surface area (Å²) < 4.78 is 4.73. The molecular formula is C31H50ClN5O4. The Balaban J connectivity index is 1.82. The molecule has 2 aliphatic rings. The number of likely N-dealkylation sites (tertiary alicyclic amines) is 1. The highest BCUT2D eigenvalue weighted by atomic mass is 35.5. The van der Waals surface area contributed by atoms with Gasteiger partial charge in [0, 0.05) is 49.6 Å². The molecule has 1 aliphatic carbocycles. The van der Waals surface area contributed by atoms with Crippen LogP contribution in [0.1, 0.15) is 83.1 Å². The molecule has 41 heavy (non-hydrogen) atoms. The number of hydrogen-bond acceptors (Lipinski definition) is 5. The number of rotatable bonds is 13. The first-order chi connectivity index (χ1) is 19.8. The lowest BCUT2D eigenvalue weighted by molar-refractivity contribution is -0.124. The number of halogens is 1. The van der Waals surface area contributed by atoms with Gasteiger partial charge in [0.15, 0.2) is 0 Å². The van der Waals surface area contributed by atoms with Gasteiger partial charge in [-0.2, -0.15) is 0 Å². The fraction of sp³-hybridized carbons (Fsp3) is 0.710. The number of ether oxygens (including phenoxy) is 1. The van der Waals surface area contributed by atoms with Gasteiger partial charge < -0.3 is 30.9 Å². The standard InChI is InChI=1S/C31H50ClN5O4/c1-4-28(38)36-31(16-10-17-34-30(40)41-3,24-13-8-15-26(32)20-24)25-14-9-18-37(22-25)29(39)35-27(21-33-2)19-23-11-6-5-7-12-23/h8,13,15,20,23,25,27,33H,4-7,9-12,14,16-19,21-22H2,1-3H3,(H,34,40)(H,35,39)(H,36,38)/t25-,27+,31-/m1/s1. The van der Waals surface area contributed by atoms with Crippen molar-refractivity contribution in [3.63, 3.8) is 0 Å². The van der Waals surface area contributed by atoms with Gasteiger partial charge in [-0.05, 0) is 62.8 Å². The van der Waals surface area contributed by atoms with E-state index in [0.29, 0.717) is 49.8 Å². The smallest absolute Gasteiger partial charge is 0.406 e. The minimum absolute atomic E-state index is 0.0322. The van der Waals surface area contributed by atoms with E-state index >= 15 is 0 Å². The molecule has 0 radical (unpaired) electrons. The van der Waals surface area contributed by atoms with Crippen molar-refractivity contribution >= 4 is 29.6 Å². The maximum Gasteiger partial charge on any atom is 0.406 e. The average molecular weight is 592 g/mol. The molecule has 9 nitrogen and oxygen atoms in total. The Hall–Kier alpha value is -2.52. The van der Waals surface area contributed by atoms with Crippen molar-refractivity contribution < 1.29 is 19.1 Å². The SMILES string of the molecule is CCC(=O)N[C@](CCCNC(=O)OC)(c1cccc(Cl)c1)[C@@H]1CCCN(C(=O)N[C@H](CNC)CC2CCCCC2)C1. The van der Waals surface area contributed by atoms with Crippen LogP contribution in [0.3, 0.4) is 0 Å². The number of alkyl carbamates (subject to hydrolysis) is 1. The summed E-state index contributed by atoms with van der Waals surface area (Å²) in [4.78, 5) is 40.3. The monoisotopic (exact) mass is 591 g/mol. The van der Waals surface area contributed by atoms with Gasteiger partial charge in [-0.25, -0.2) is 9.59 Å². The molecule has 0 aromatic heterocycles. The van der Waals surface area contributed by atoms with E-state index in [-0.39, 0.29) is 23.9 Å². The molecule has 4 amide bonds. The lowest BCUT2D eigenvalue weighted by atomic mass is 9.71. The van der Waals surface area contributed by atoms with Crippen LogP contribution in [-0.4, -0.2) is 69.3 Å². The second kappa shape index (κ2) is 16.8. The third-order valence-corrected chi connectivity index (χ3v) is 8.99. The molecule has 0 bridgehead atoms. The number of methoxy groups -OCH3 is 1. The molecule has 10 heteroatoms. The van der Waals surface area contributed by atoms with E-state index in [2.05, 4.69) is 21.3 Å². The number of nitrogens with zero attached hydrogens (tertiary/aromatic N) is 1. The predicted octanol–water partition coefficient (Wildman–Crippen LogP) is 5.18. The van der Waals surface area contributed by atoms with Crippen LogP contribution >= 0.6 is 11.6 Å². The van der Waals surface area contributed by atoms with Gasteiger partial charge >= 0.3 is 12.1 Å². The van der Waals surface area contributed by atoms with Crippen LogP contribution in [0.15, 0.2) is 24.3 Å². The van der Waals surface area contributed by atoms with E-state index in [1.54, 1.807) is 0 Å². The summed E-state index contributed by atoms with van der Waals surface area (Å²) >= 11 is 6.46. The van der Waals surface area contributed by atoms with Gasteiger partial charge in [0.1, 0.15) is 0 Å². The predicted molar refractivity (Wildman–Crippen MR) is 163 cm³/mol. The van der Waals surface area contributed by atoms with E-state index in [4.69, 9.17) is 16.3 Å². The van der Waals surface area contributed by atoms with Crippen molar-refractivity contribution in [3.8, 4) is 0 Å². The number of piperidine rings is 1. The number of amides is 4. The van der Waals surface area contributed by atoms with Crippen LogP contribution in [0.5, 0.6) is 0 Å². The van der Waals surface area contributed by atoms with Crippen molar-refractivity contribution in [2.24, 2.45) is 11.8 Å². The summed E-state index contributed by atoms with van der Waals surface area (Å²) in [5, 5.41) is 13.3. The van der Waals surface area contributed by atoms with Gasteiger partial charge in [-0.1, -0.05) is 62.8 Å². The second-order valence-corrected chi connectivity index (χ2v) is 12.1. The maximum atomic E-state index is 13.7. The molecule has 1 aromatic carbocycles. The van der Waals surface area contributed by atoms with E-state index in [0.717, 1.165) is 31.4 Å². The summed E-state index contributed by atoms with van der Waals surface area (Å²) in [6.07, 6.45) is 10.1. The fourth-order valence-electron chi connectivity index (χ4n) is 6.65. The molecule has 230 valence electrons. The van der Waals surface area contributed by atoms with E-state index in [9.17, 15) is 14.4 Å². The largest absolute Gasteiger partial charge is 0.453 e. The van der Waals surface area contributed by atoms with Crippen LogP contribution in [0.4, 0.5) is 9.59 Å². The van der Waals surface area contributed by atoms with Gasteiger partial charge in [0.25, 0.3) is 0 Å².